The lowest BCUT2D eigenvalue weighted by molar-refractivity contribution is -0.116. The highest BCUT2D eigenvalue weighted by molar-refractivity contribution is 9.10. The number of aryl methyl sites for hydroxylation is 1. The highest BCUT2D eigenvalue weighted by Crippen LogP contribution is 2.20. The van der Waals surface area contributed by atoms with Crippen LogP contribution in [0.15, 0.2) is 76.1 Å². The second-order valence-electron chi connectivity index (χ2n) is 7.19. The molecule has 0 spiro atoms. The van der Waals surface area contributed by atoms with E-state index in [0.29, 0.717) is 15.7 Å². The van der Waals surface area contributed by atoms with Gasteiger partial charge in [-0.25, -0.2) is 9.37 Å². The smallest absolute Gasteiger partial charge is 0.244 e. The van der Waals surface area contributed by atoms with Gasteiger partial charge >= 0.3 is 0 Å². The first kappa shape index (κ1) is 21.6. The van der Waals surface area contributed by atoms with Gasteiger partial charge in [-0.3, -0.25) is 14.4 Å². The molecule has 0 saturated heterocycles. The number of ketones is 1. The molecule has 0 saturated carbocycles. The van der Waals surface area contributed by atoms with E-state index in [9.17, 15) is 18.8 Å². The molecule has 0 aliphatic rings. The number of aromatic nitrogens is 2. The monoisotopic (exact) mass is 493 g/mol. The minimum Gasteiger partial charge on any atom is -0.322 e. The first-order chi connectivity index (χ1) is 15.3. The first-order valence-corrected chi connectivity index (χ1v) is 10.5. The van der Waals surface area contributed by atoms with Crippen molar-refractivity contribution in [3.05, 3.63) is 104 Å². The fraction of sp³-hybridized carbons (Fsp3) is 0.0833. The Morgan fingerprint density at radius 2 is 1.84 bits per heavy atom. The van der Waals surface area contributed by atoms with E-state index in [0.717, 1.165) is 0 Å². The molecule has 4 aromatic rings. The van der Waals surface area contributed by atoms with E-state index < -0.39 is 22.9 Å². The summed E-state index contributed by atoms with van der Waals surface area (Å²) in [4.78, 5) is 43.1. The summed E-state index contributed by atoms with van der Waals surface area (Å²) >= 11 is 3.17. The van der Waals surface area contributed by atoms with E-state index in [4.69, 9.17) is 0 Å². The zero-order valence-electron chi connectivity index (χ0n) is 16.9. The van der Waals surface area contributed by atoms with Crippen LogP contribution in [0.1, 0.15) is 21.6 Å². The Balaban J connectivity index is 1.76. The third-order valence-corrected chi connectivity index (χ3v) is 5.35. The molecule has 2 aromatic carbocycles. The summed E-state index contributed by atoms with van der Waals surface area (Å²) in [5.74, 6) is -1.57. The van der Waals surface area contributed by atoms with Crippen molar-refractivity contribution in [3.8, 4) is 0 Å². The zero-order chi connectivity index (χ0) is 22.8. The van der Waals surface area contributed by atoms with E-state index in [1.807, 2.05) is 0 Å². The molecule has 0 aliphatic carbocycles. The lowest BCUT2D eigenvalue weighted by atomic mass is 10.0. The van der Waals surface area contributed by atoms with Gasteiger partial charge in [0.2, 0.25) is 11.3 Å². The molecule has 0 unspecified atom stereocenters. The molecule has 0 atom stereocenters. The molecule has 0 fully saturated rings. The Kier molecular flexibility index (Phi) is 5.96. The van der Waals surface area contributed by atoms with Crippen molar-refractivity contribution in [2.75, 3.05) is 5.32 Å². The number of nitrogens with one attached hydrogen (secondary N) is 1. The second-order valence-corrected chi connectivity index (χ2v) is 8.11. The fourth-order valence-corrected chi connectivity index (χ4v) is 3.66. The summed E-state index contributed by atoms with van der Waals surface area (Å²) in [7, 11) is 0. The maximum absolute atomic E-state index is 14.1. The predicted octanol–water partition coefficient (Wildman–Crippen LogP) is 4.48. The molecule has 1 amide bonds. The molecule has 32 heavy (non-hydrogen) atoms. The van der Waals surface area contributed by atoms with Crippen molar-refractivity contribution in [2.45, 2.75) is 13.5 Å². The maximum atomic E-state index is 14.1. The van der Waals surface area contributed by atoms with E-state index in [2.05, 4.69) is 26.2 Å². The SMILES string of the molecule is Cc1ccc2c(=O)c(C(=O)c3ccccc3)cn(CC(=O)Nc3ccc(Br)cc3F)c2n1. The lowest BCUT2D eigenvalue weighted by Gasteiger charge is -2.13. The quantitative estimate of drug-likeness (QED) is 0.415. The van der Waals surface area contributed by atoms with E-state index in [-0.39, 0.29) is 28.8 Å². The normalized spacial score (nSPS) is 10.8. The molecule has 160 valence electrons. The molecule has 2 heterocycles. The number of anilines is 1. The fourth-order valence-electron chi connectivity index (χ4n) is 3.32. The van der Waals surface area contributed by atoms with Crippen molar-refractivity contribution in [2.24, 2.45) is 0 Å². The van der Waals surface area contributed by atoms with Crippen molar-refractivity contribution in [1.29, 1.82) is 0 Å². The molecule has 1 N–H and O–H groups in total. The van der Waals surface area contributed by atoms with Crippen LogP contribution in [-0.4, -0.2) is 21.2 Å². The second kappa shape index (κ2) is 8.84. The summed E-state index contributed by atoms with van der Waals surface area (Å²) in [5.41, 5.74) is 0.761. The molecule has 0 aliphatic heterocycles. The summed E-state index contributed by atoms with van der Waals surface area (Å²) in [6, 6.07) is 16.0. The average molecular weight is 494 g/mol. The number of halogens is 2. The number of amides is 1. The summed E-state index contributed by atoms with van der Waals surface area (Å²) in [6.45, 7) is 1.49. The number of carbonyl (C=O) groups excluding carboxylic acids is 2. The summed E-state index contributed by atoms with van der Waals surface area (Å²) in [5, 5.41) is 2.74. The predicted molar refractivity (Wildman–Crippen MR) is 123 cm³/mol. The Morgan fingerprint density at radius 3 is 2.56 bits per heavy atom. The number of hydrogen-bond donors (Lipinski definition) is 1. The van der Waals surface area contributed by atoms with Crippen LogP contribution >= 0.6 is 15.9 Å². The van der Waals surface area contributed by atoms with Crippen molar-refractivity contribution >= 4 is 44.3 Å². The van der Waals surface area contributed by atoms with Crippen LogP contribution in [0.2, 0.25) is 0 Å². The largest absolute Gasteiger partial charge is 0.322 e. The molecular formula is C24H17BrFN3O3. The van der Waals surface area contributed by atoms with Crippen LogP contribution in [0.3, 0.4) is 0 Å². The molecule has 6 nitrogen and oxygen atoms in total. The zero-order valence-corrected chi connectivity index (χ0v) is 18.5. The van der Waals surface area contributed by atoms with Gasteiger partial charge < -0.3 is 9.88 Å². The van der Waals surface area contributed by atoms with Crippen LogP contribution in [0.25, 0.3) is 11.0 Å². The number of carbonyl (C=O) groups is 2. The van der Waals surface area contributed by atoms with Crippen LogP contribution < -0.4 is 10.7 Å². The summed E-state index contributed by atoms with van der Waals surface area (Å²) in [6.07, 6.45) is 1.34. The van der Waals surface area contributed by atoms with Gasteiger partial charge in [0.1, 0.15) is 18.0 Å². The van der Waals surface area contributed by atoms with Gasteiger partial charge in [0, 0.05) is 21.9 Å². The van der Waals surface area contributed by atoms with Crippen LogP contribution in [0.5, 0.6) is 0 Å². The van der Waals surface area contributed by atoms with E-state index >= 15 is 0 Å². The standard InChI is InChI=1S/C24H17BrFN3O3/c1-14-7-9-17-23(32)18(22(31)15-5-3-2-4-6-15)12-29(24(17)27-14)13-21(30)28-20-10-8-16(25)11-19(20)26/h2-12H,13H2,1H3,(H,28,30). The van der Waals surface area contributed by atoms with Gasteiger partial charge in [0.15, 0.2) is 5.78 Å². The van der Waals surface area contributed by atoms with Crippen molar-refractivity contribution < 1.29 is 14.0 Å². The van der Waals surface area contributed by atoms with Gasteiger partial charge in [-0.2, -0.15) is 0 Å². The Hall–Kier alpha value is -3.65. The topological polar surface area (TPSA) is 81.1 Å². The van der Waals surface area contributed by atoms with Gasteiger partial charge in [-0.15, -0.1) is 0 Å². The molecule has 0 bridgehead atoms. The number of rotatable bonds is 5. The van der Waals surface area contributed by atoms with Crippen molar-refractivity contribution in [3.63, 3.8) is 0 Å². The maximum Gasteiger partial charge on any atom is 0.244 e. The van der Waals surface area contributed by atoms with Crippen LogP contribution in [0.4, 0.5) is 10.1 Å². The molecule has 2 aromatic heterocycles. The van der Waals surface area contributed by atoms with E-state index in [1.54, 1.807) is 55.5 Å². The Labute approximate surface area is 190 Å². The molecule has 8 heteroatoms. The van der Waals surface area contributed by atoms with Gasteiger partial charge in [-0.05, 0) is 37.3 Å². The van der Waals surface area contributed by atoms with Gasteiger partial charge in [0.05, 0.1) is 16.6 Å². The lowest BCUT2D eigenvalue weighted by Crippen LogP contribution is -2.25. The van der Waals surface area contributed by atoms with Crippen LogP contribution in [-0.2, 0) is 11.3 Å². The number of fused-ring (bicyclic) bond motifs is 1. The van der Waals surface area contributed by atoms with Crippen molar-refractivity contribution in [1.82, 2.24) is 9.55 Å². The molecular weight excluding hydrogens is 477 g/mol. The van der Waals surface area contributed by atoms with Crippen LogP contribution in [0, 0.1) is 12.7 Å². The first-order valence-electron chi connectivity index (χ1n) is 9.69. The molecule has 0 radical (unpaired) electrons. The average Bonchev–Trinajstić information content (AvgIpc) is 2.77. The molecule has 4 rings (SSSR count). The number of pyridine rings is 2. The van der Waals surface area contributed by atoms with Gasteiger partial charge in [-0.1, -0.05) is 46.3 Å². The Morgan fingerprint density at radius 1 is 1.09 bits per heavy atom. The third kappa shape index (κ3) is 4.36. The van der Waals surface area contributed by atoms with Gasteiger partial charge in [0.25, 0.3) is 0 Å². The van der Waals surface area contributed by atoms with E-state index in [1.165, 1.54) is 22.9 Å². The number of hydrogen-bond acceptors (Lipinski definition) is 4. The summed E-state index contributed by atoms with van der Waals surface area (Å²) < 4.78 is 16.1. The Bertz CT molecular complexity index is 1420. The highest BCUT2D eigenvalue weighted by atomic mass is 79.9. The minimum absolute atomic E-state index is 0.0216. The third-order valence-electron chi connectivity index (χ3n) is 4.86. The number of benzene rings is 2. The number of nitrogens with zero attached hydrogens (tertiary/aromatic N) is 2. The minimum atomic E-state index is -0.591. The highest BCUT2D eigenvalue weighted by Gasteiger charge is 2.19.